The molecule has 0 spiro atoms. The van der Waals surface area contributed by atoms with Crippen molar-refractivity contribution < 1.29 is 15.0 Å². The standard InChI is InChI=1S/C30H26ClNO3/c1-19-14-23(15-20(2)28(19)34)30(17-21-8-7-10-24(33)16-21)25-11-4-6-13-27(25)32(29(30)35)18-22-9-3-5-12-26(22)31/h3-16,33-34H,17-18H2,1-2H3. The van der Waals surface area contributed by atoms with Crippen LogP contribution in [0.2, 0.25) is 5.02 Å². The summed E-state index contributed by atoms with van der Waals surface area (Å²) in [4.78, 5) is 16.4. The highest BCUT2D eigenvalue weighted by molar-refractivity contribution is 6.31. The number of nitrogens with zero attached hydrogens (tertiary/aromatic N) is 1. The predicted molar refractivity (Wildman–Crippen MR) is 139 cm³/mol. The summed E-state index contributed by atoms with van der Waals surface area (Å²) in [7, 11) is 0. The van der Waals surface area contributed by atoms with Crippen molar-refractivity contribution in [3.8, 4) is 11.5 Å². The summed E-state index contributed by atoms with van der Waals surface area (Å²) in [5.41, 5.74) is 4.64. The number of phenols is 2. The first-order chi connectivity index (χ1) is 16.8. The molecule has 1 heterocycles. The zero-order valence-corrected chi connectivity index (χ0v) is 20.4. The zero-order chi connectivity index (χ0) is 24.7. The molecule has 2 N–H and O–H groups in total. The van der Waals surface area contributed by atoms with Gasteiger partial charge in [-0.25, -0.2) is 0 Å². The minimum absolute atomic E-state index is 0.0635. The Labute approximate surface area is 210 Å². The third kappa shape index (κ3) is 3.84. The molecule has 1 aliphatic heterocycles. The lowest BCUT2D eigenvalue weighted by Crippen LogP contribution is -2.43. The molecule has 1 unspecified atom stereocenters. The van der Waals surface area contributed by atoms with Gasteiger partial charge in [0.1, 0.15) is 16.9 Å². The second-order valence-corrected chi connectivity index (χ2v) is 9.62. The van der Waals surface area contributed by atoms with E-state index in [0.717, 1.165) is 27.9 Å². The summed E-state index contributed by atoms with van der Waals surface area (Å²) >= 11 is 6.48. The Morgan fingerprint density at radius 2 is 1.54 bits per heavy atom. The Morgan fingerprint density at radius 1 is 0.857 bits per heavy atom. The molecular formula is C30H26ClNO3. The van der Waals surface area contributed by atoms with E-state index in [-0.39, 0.29) is 17.4 Å². The minimum atomic E-state index is -1.03. The van der Waals surface area contributed by atoms with Crippen LogP contribution in [0.3, 0.4) is 0 Å². The Hall–Kier alpha value is -3.76. The van der Waals surface area contributed by atoms with E-state index < -0.39 is 5.41 Å². The molecule has 4 nitrogen and oxygen atoms in total. The maximum atomic E-state index is 14.6. The lowest BCUT2D eigenvalue weighted by Gasteiger charge is -2.31. The average molecular weight is 484 g/mol. The summed E-state index contributed by atoms with van der Waals surface area (Å²) in [6.07, 6.45) is 0.361. The first-order valence-electron chi connectivity index (χ1n) is 11.5. The van der Waals surface area contributed by atoms with E-state index in [2.05, 4.69) is 0 Å². The number of anilines is 1. The van der Waals surface area contributed by atoms with E-state index in [9.17, 15) is 15.0 Å². The molecule has 5 rings (SSSR count). The number of carbonyl (C=O) groups is 1. The van der Waals surface area contributed by atoms with Crippen LogP contribution < -0.4 is 4.90 Å². The number of benzene rings is 4. The molecule has 4 aromatic rings. The molecule has 1 aliphatic rings. The van der Waals surface area contributed by atoms with Crippen LogP contribution in [-0.4, -0.2) is 16.1 Å². The summed E-state index contributed by atoms with van der Waals surface area (Å²) in [6.45, 7) is 4.04. The van der Waals surface area contributed by atoms with Crippen LogP contribution >= 0.6 is 11.6 Å². The molecule has 5 heteroatoms. The maximum absolute atomic E-state index is 14.6. The number of rotatable bonds is 5. The fourth-order valence-electron chi connectivity index (χ4n) is 5.21. The van der Waals surface area contributed by atoms with Gasteiger partial charge in [0, 0.05) is 10.7 Å². The van der Waals surface area contributed by atoms with Gasteiger partial charge in [-0.2, -0.15) is 0 Å². The topological polar surface area (TPSA) is 60.8 Å². The van der Waals surface area contributed by atoms with Gasteiger partial charge in [0.2, 0.25) is 5.91 Å². The summed E-state index contributed by atoms with van der Waals surface area (Å²) in [6, 6.07) is 26.2. The minimum Gasteiger partial charge on any atom is -0.508 e. The molecule has 176 valence electrons. The molecular weight excluding hydrogens is 458 g/mol. The number of amides is 1. The van der Waals surface area contributed by atoms with E-state index in [0.29, 0.717) is 29.1 Å². The lowest BCUT2D eigenvalue weighted by molar-refractivity contribution is -0.122. The number of halogens is 1. The van der Waals surface area contributed by atoms with Crippen molar-refractivity contribution in [3.63, 3.8) is 0 Å². The van der Waals surface area contributed by atoms with Crippen LogP contribution in [0, 0.1) is 13.8 Å². The summed E-state index contributed by atoms with van der Waals surface area (Å²) in [5.74, 6) is 0.321. The van der Waals surface area contributed by atoms with Gasteiger partial charge in [0.25, 0.3) is 0 Å². The van der Waals surface area contributed by atoms with E-state index >= 15 is 0 Å². The van der Waals surface area contributed by atoms with Crippen molar-refractivity contribution in [2.45, 2.75) is 32.2 Å². The number of phenolic OH excluding ortho intramolecular Hbond substituents is 2. The van der Waals surface area contributed by atoms with Gasteiger partial charge in [-0.1, -0.05) is 72.3 Å². The number of aryl methyl sites for hydroxylation is 2. The SMILES string of the molecule is Cc1cc(C2(Cc3cccc(O)c3)C(=O)N(Cc3ccccc3Cl)c3ccccc32)cc(C)c1O. The van der Waals surface area contributed by atoms with Crippen molar-refractivity contribution in [1.82, 2.24) is 0 Å². The van der Waals surface area contributed by atoms with Crippen molar-refractivity contribution in [2.75, 3.05) is 4.90 Å². The molecule has 0 aliphatic carbocycles. The second kappa shape index (κ2) is 8.79. The van der Waals surface area contributed by atoms with Gasteiger partial charge < -0.3 is 15.1 Å². The van der Waals surface area contributed by atoms with Gasteiger partial charge in [-0.3, -0.25) is 4.79 Å². The van der Waals surface area contributed by atoms with Gasteiger partial charge in [-0.05, 0) is 77.9 Å². The maximum Gasteiger partial charge on any atom is 0.242 e. The van der Waals surface area contributed by atoms with Crippen molar-refractivity contribution in [3.05, 3.63) is 123 Å². The fraction of sp³-hybridized carbons (Fsp3) is 0.167. The Kier molecular flexibility index (Phi) is 5.78. The van der Waals surface area contributed by atoms with Crippen LogP contribution in [0.25, 0.3) is 0 Å². The second-order valence-electron chi connectivity index (χ2n) is 9.21. The zero-order valence-electron chi connectivity index (χ0n) is 19.6. The Balaban J connectivity index is 1.74. The monoisotopic (exact) mass is 483 g/mol. The van der Waals surface area contributed by atoms with E-state index in [1.807, 2.05) is 80.6 Å². The van der Waals surface area contributed by atoms with Gasteiger partial charge >= 0.3 is 0 Å². The Morgan fingerprint density at radius 3 is 2.26 bits per heavy atom. The Bertz CT molecular complexity index is 1420. The first-order valence-corrected chi connectivity index (χ1v) is 11.9. The average Bonchev–Trinajstić information content (AvgIpc) is 3.07. The molecule has 1 amide bonds. The largest absolute Gasteiger partial charge is 0.508 e. The lowest BCUT2D eigenvalue weighted by atomic mass is 9.70. The number of carbonyl (C=O) groups excluding carboxylic acids is 1. The van der Waals surface area contributed by atoms with Gasteiger partial charge in [0.05, 0.1) is 6.54 Å². The van der Waals surface area contributed by atoms with Crippen LogP contribution in [0.5, 0.6) is 11.5 Å². The fourth-order valence-corrected chi connectivity index (χ4v) is 5.40. The third-order valence-electron chi connectivity index (χ3n) is 6.91. The van der Waals surface area contributed by atoms with Gasteiger partial charge in [0.15, 0.2) is 0 Å². The predicted octanol–water partition coefficient (Wildman–Crippen LogP) is 6.44. The van der Waals surface area contributed by atoms with E-state index in [1.54, 1.807) is 23.1 Å². The molecule has 1 atom stereocenters. The molecule has 0 bridgehead atoms. The number of aromatic hydroxyl groups is 2. The third-order valence-corrected chi connectivity index (χ3v) is 7.28. The van der Waals surface area contributed by atoms with E-state index in [4.69, 9.17) is 11.6 Å². The van der Waals surface area contributed by atoms with Crippen LogP contribution in [0.1, 0.15) is 33.4 Å². The molecule has 0 radical (unpaired) electrons. The number of hydrogen-bond acceptors (Lipinski definition) is 3. The van der Waals surface area contributed by atoms with Crippen molar-refractivity contribution in [1.29, 1.82) is 0 Å². The van der Waals surface area contributed by atoms with E-state index in [1.165, 1.54) is 0 Å². The van der Waals surface area contributed by atoms with Gasteiger partial charge in [-0.15, -0.1) is 0 Å². The summed E-state index contributed by atoms with van der Waals surface area (Å²) in [5, 5.41) is 21.3. The molecule has 0 fully saturated rings. The molecule has 35 heavy (non-hydrogen) atoms. The van der Waals surface area contributed by atoms with Crippen LogP contribution in [0.15, 0.2) is 84.9 Å². The highest BCUT2D eigenvalue weighted by atomic mass is 35.5. The quantitative estimate of drug-likeness (QED) is 0.343. The first kappa shape index (κ1) is 23.0. The normalized spacial score (nSPS) is 17.0. The van der Waals surface area contributed by atoms with Crippen molar-refractivity contribution >= 4 is 23.2 Å². The van der Waals surface area contributed by atoms with Crippen molar-refractivity contribution in [2.24, 2.45) is 0 Å². The van der Waals surface area contributed by atoms with Crippen LogP contribution in [0.4, 0.5) is 5.69 Å². The molecule has 4 aromatic carbocycles. The number of fused-ring (bicyclic) bond motifs is 1. The van der Waals surface area contributed by atoms with Crippen LogP contribution in [-0.2, 0) is 23.2 Å². The number of para-hydroxylation sites is 1. The highest BCUT2D eigenvalue weighted by Gasteiger charge is 2.52. The smallest absolute Gasteiger partial charge is 0.242 e. The highest BCUT2D eigenvalue weighted by Crippen LogP contribution is 2.50. The molecule has 0 saturated carbocycles. The summed E-state index contributed by atoms with van der Waals surface area (Å²) < 4.78 is 0. The molecule has 0 saturated heterocycles. The number of hydrogen-bond donors (Lipinski definition) is 2. The molecule has 0 aromatic heterocycles.